The molecule has 3 heterocycles. The highest BCUT2D eigenvalue weighted by molar-refractivity contribution is 5.76. The minimum absolute atomic E-state index is 0.197. The number of nitrogens with one attached hydrogen (secondary N) is 1. The third kappa shape index (κ3) is 33.0. The molecule has 3 aliphatic rings. The summed E-state index contributed by atoms with van der Waals surface area (Å²) in [6.07, 6.45) is 41.7. The highest BCUT2D eigenvalue weighted by atomic mass is 16.8. The van der Waals surface area contributed by atoms with Crippen LogP contribution in [0.1, 0.15) is 181 Å². The zero-order valence-corrected chi connectivity index (χ0v) is 53.4. The summed E-state index contributed by atoms with van der Waals surface area (Å²) in [5.74, 6) is -0.316. The van der Waals surface area contributed by atoms with E-state index >= 15 is 0 Å². The number of carbonyl (C=O) groups excluding carboxylic acids is 1. The maximum absolute atomic E-state index is 13.4. The topological polar surface area (TPSA) is 307 Å². The number of hydrogen-bond acceptors (Lipinski definition) is 18. The van der Waals surface area contributed by atoms with Crippen LogP contribution in [0.4, 0.5) is 0 Å². The summed E-state index contributed by atoms with van der Waals surface area (Å²) < 4.78 is 34.3. The molecule has 17 unspecified atom stereocenters. The lowest BCUT2D eigenvalue weighted by atomic mass is 9.96. The average Bonchev–Trinajstić information content (AvgIpc) is 2.42. The number of hydrogen-bond donors (Lipinski definition) is 12. The Balaban J connectivity index is 1.46. The molecule has 0 bridgehead atoms. The first-order chi connectivity index (χ1) is 43.3. The second-order valence-corrected chi connectivity index (χ2v) is 23.2. The SMILES string of the molecule is CC/C=C\C/C=C\C/C=C\C/C=C\C/C=C\C/C=C\C/C=C\C/C=C\CCCCCCC(=O)NC(COC1OC(CO)C(OC2OC(CO)C(OC3OC(CO)C(O)C(O)C3O)C(O)C2O)C(O)C1O)C(O)/C=C/CC/C=C/CCCCCCCCCCC. The minimum Gasteiger partial charge on any atom is -0.394 e. The van der Waals surface area contributed by atoms with Gasteiger partial charge in [-0.05, 0) is 96.3 Å². The molecule has 0 radical (unpaired) electrons. The van der Waals surface area contributed by atoms with Crippen LogP contribution in [0.15, 0.2) is 122 Å². The third-order valence-electron chi connectivity index (χ3n) is 15.7. The molecule has 3 aliphatic heterocycles. The molecule has 3 rings (SSSR count). The molecule has 19 heteroatoms. The molecule has 1 amide bonds. The lowest BCUT2D eigenvalue weighted by Crippen LogP contribution is -2.66. The van der Waals surface area contributed by atoms with Crippen molar-refractivity contribution in [2.75, 3.05) is 26.4 Å². The smallest absolute Gasteiger partial charge is 0.220 e. The highest BCUT2D eigenvalue weighted by Crippen LogP contribution is 2.33. The molecule has 17 atom stereocenters. The van der Waals surface area contributed by atoms with E-state index in [4.69, 9.17) is 28.4 Å². The zero-order chi connectivity index (χ0) is 64.7. The van der Waals surface area contributed by atoms with Crippen molar-refractivity contribution < 1.29 is 89.4 Å². The van der Waals surface area contributed by atoms with Gasteiger partial charge in [-0.3, -0.25) is 4.79 Å². The second kappa shape index (κ2) is 50.7. The number of ether oxygens (including phenoxy) is 6. The second-order valence-electron chi connectivity index (χ2n) is 23.2. The molecule has 3 saturated heterocycles. The van der Waals surface area contributed by atoms with Crippen molar-refractivity contribution in [1.82, 2.24) is 5.32 Å². The van der Waals surface area contributed by atoms with Gasteiger partial charge in [-0.2, -0.15) is 0 Å². The fourth-order valence-electron chi connectivity index (χ4n) is 10.3. The summed E-state index contributed by atoms with van der Waals surface area (Å²) in [7, 11) is 0. The van der Waals surface area contributed by atoms with Crippen LogP contribution in [0, 0.1) is 0 Å². The largest absolute Gasteiger partial charge is 0.394 e. The Hall–Kier alpha value is -3.81. The van der Waals surface area contributed by atoms with Crippen molar-refractivity contribution in [2.45, 2.75) is 285 Å². The van der Waals surface area contributed by atoms with Crippen LogP contribution in [0.25, 0.3) is 0 Å². The van der Waals surface area contributed by atoms with Crippen molar-refractivity contribution in [3.63, 3.8) is 0 Å². The summed E-state index contributed by atoms with van der Waals surface area (Å²) >= 11 is 0. The van der Waals surface area contributed by atoms with Crippen molar-refractivity contribution in [3.8, 4) is 0 Å². The van der Waals surface area contributed by atoms with Crippen LogP contribution in [-0.2, 0) is 33.2 Å². The zero-order valence-electron chi connectivity index (χ0n) is 53.4. The molecule has 12 N–H and O–H groups in total. The maximum Gasteiger partial charge on any atom is 0.220 e. The average molecular weight is 1260 g/mol. The van der Waals surface area contributed by atoms with Gasteiger partial charge in [0.15, 0.2) is 18.9 Å². The monoisotopic (exact) mass is 1260 g/mol. The molecular formula is C70H115NO18. The lowest BCUT2D eigenvalue weighted by Gasteiger charge is -2.48. The Bertz CT molecular complexity index is 2090. The number of rotatable bonds is 48. The van der Waals surface area contributed by atoms with E-state index in [1.54, 1.807) is 6.08 Å². The first-order valence-corrected chi connectivity index (χ1v) is 33.3. The van der Waals surface area contributed by atoms with Gasteiger partial charge in [-0.1, -0.05) is 200 Å². The number of unbranched alkanes of at least 4 members (excludes halogenated alkanes) is 14. The normalized spacial score (nSPS) is 29.0. The number of aliphatic hydroxyl groups excluding tert-OH is 11. The fourth-order valence-corrected chi connectivity index (χ4v) is 10.3. The molecule has 0 saturated carbocycles. The number of carbonyl (C=O) groups is 1. The van der Waals surface area contributed by atoms with Crippen molar-refractivity contribution in [3.05, 3.63) is 122 Å². The first kappa shape index (κ1) is 79.4. The number of aliphatic hydroxyl groups is 11. The van der Waals surface area contributed by atoms with Gasteiger partial charge in [-0.15, -0.1) is 0 Å². The van der Waals surface area contributed by atoms with Gasteiger partial charge >= 0.3 is 0 Å². The lowest BCUT2D eigenvalue weighted by molar-refractivity contribution is -0.379. The van der Waals surface area contributed by atoms with E-state index in [2.05, 4.69) is 129 Å². The molecule has 3 fully saturated rings. The predicted octanol–water partition coefficient (Wildman–Crippen LogP) is 8.04. The fraction of sp³-hybridized carbons (Fsp3) is 0.700. The molecule has 0 aromatic heterocycles. The Morgan fingerprint density at radius 2 is 0.787 bits per heavy atom. The van der Waals surface area contributed by atoms with Crippen LogP contribution in [0.5, 0.6) is 0 Å². The van der Waals surface area contributed by atoms with Gasteiger partial charge in [-0.25, -0.2) is 0 Å². The van der Waals surface area contributed by atoms with E-state index in [0.717, 1.165) is 96.3 Å². The summed E-state index contributed by atoms with van der Waals surface area (Å²) in [5, 5.41) is 120. The number of amides is 1. The highest BCUT2D eigenvalue weighted by Gasteiger charge is 2.53. The Morgan fingerprint density at radius 1 is 0.416 bits per heavy atom. The van der Waals surface area contributed by atoms with Crippen LogP contribution < -0.4 is 5.32 Å². The molecule has 0 spiro atoms. The predicted molar refractivity (Wildman–Crippen MR) is 346 cm³/mol. The molecule has 89 heavy (non-hydrogen) atoms. The summed E-state index contributed by atoms with van der Waals surface area (Å²) in [6, 6.07) is -1.01. The van der Waals surface area contributed by atoms with Crippen LogP contribution in [0.3, 0.4) is 0 Å². The maximum atomic E-state index is 13.4. The number of allylic oxidation sites excluding steroid dienone is 19. The summed E-state index contributed by atoms with van der Waals surface area (Å²) in [5.41, 5.74) is 0. The van der Waals surface area contributed by atoms with Gasteiger partial charge in [0.1, 0.15) is 73.2 Å². The third-order valence-corrected chi connectivity index (χ3v) is 15.7. The molecular weight excluding hydrogens is 1140 g/mol. The van der Waals surface area contributed by atoms with Gasteiger partial charge < -0.3 is 89.9 Å². The molecule has 0 aromatic rings. The van der Waals surface area contributed by atoms with E-state index in [-0.39, 0.29) is 18.9 Å². The Morgan fingerprint density at radius 3 is 1.26 bits per heavy atom. The van der Waals surface area contributed by atoms with E-state index in [1.165, 1.54) is 51.4 Å². The van der Waals surface area contributed by atoms with E-state index < -0.39 is 124 Å². The van der Waals surface area contributed by atoms with E-state index in [0.29, 0.717) is 12.8 Å². The molecule has 0 aromatic carbocycles. The van der Waals surface area contributed by atoms with Crippen LogP contribution in [-0.4, -0.2) is 193 Å². The van der Waals surface area contributed by atoms with Crippen molar-refractivity contribution in [2.24, 2.45) is 0 Å². The van der Waals surface area contributed by atoms with Crippen LogP contribution in [0.2, 0.25) is 0 Å². The van der Waals surface area contributed by atoms with Gasteiger partial charge in [0.2, 0.25) is 5.91 Å². The van der Waals surface area contributed by atoms with Crippen molar-refractivity contribution >= 4 is 5.91 Å². The van der Waals surface area contributed by atoms with E-state index in [9.17, 15) is 61.0 Å². The van der Waals surface area contributed by atoms with Gasteiger partial charge in [0.25, 0.3) is 0 Å². The van der Waals surface area contributed by atoms with Gasteiger partial charge in [0.05, 0.1) is 38.6 Å². The minimum atomic E-state index is -1.99. The molecule has 508 valence electrons. The standard InChI is InChI=1S/C70H115NO18/c1-3-5-7-9-11-13-15-17-19-20-21-22-23-24-25-26-27-28-29-30-31-32-34-36-38-40-42-44-46-48-58(76)71-53(54(75)47-45-43-41-39-37-35-33-18-16-14-12-10-8-6-4-2)52-84-68-64(82)61(79)66(56(50-73)86-68)89-70-65(83)62(80)67(57(51-74)87-70)88-69-63(81)60(78)59(77)55(49-72)85-69/h5,7,11,13,17,19,21-22,24-25,27-28,30-31,34,36-37,39,45,47,53-57,59-70,72-75,77-83H,3-4,6,8-10,12,14-16,18,20,23,26,29,32-33,35,38,40-44,46,48-52H2,1-2H3,(H,71,76)/b7-5-,13-11-,19-17-,22-21-,25-24-,28-27-,31-30-,36-34-,39-37+,47-45+. The van der Waals surface area contributed by atoms with E-state index in [1.807, 2.05) is 6.08 Å². The summed E-state index contributed by atoms with van der Waals surface area (Å²) in [6.45, 7) is 1.54. The summed E-state index contributed by atoms with van der Waals surface area (Å²) in [4.78, 5) is 13.4. The molecule has 19 nitrogen and oxygen atoms in total. The van der Waals surface area contributed by atoms with Crippen molar-refractivity contribution in [1.29, 1.82) is 0 Å². The quantitative estimate of drug-likeness (QED) is 0.0203. The first-order valence-electron chi connectivity index (χ1n) is 33.3. The Labute approximate surface area is 531 Å². The van der Waals surface area contributed by atoms with Gasteiger partial charge in [0, 0.05) is 6.42 Å². The molecule has 0 aliphatic carbocycles. The Kier molecular flexibility index (Phi) is 45.3. The van der Waals surface area contributed by atoms with Crippen LogP contribution >= 0.6 is 0 Å².